The van der Waals surface area contributed by atoms with Crippen LogP contribution in [0.2, 0.25) is 0 Å². The predicted molar refractivity (Wildman–Crippen MR) is 83.4 cm³/mol. The largest absolute Gasteiger partial charge is 0.363 e. The fourth-order valence-electron chi connectivity index (χ4n) is 2.62. The summed E-state index contributed by atoms with van der Waals surface area (Å²) in [6, 6.07) is 1.75. The number of aromatic amines is 1. The van der Waals surface area contributed by atoms with Gasteiger partial charge >= 0.3 is 0 Å². The molecule has 2 atom stereocenters. The van der Waals surface area contributed by atoms with Crippen molar-refractivity contribution in [2.75, 3.05) is 13.3 Å². The van der Waals surface area contributed by atoms with Gasteiger partial charge in [0.15, 0.2) is 0 Å². The van der Waals surface area contributed by atoms with Crippen LogP contribution in [0.5, 0.6) is 0 Å². The zero-order valence-electron chi connectivity index (χ0n) is 12.0. The topological polar surface area (TPSA) is 74.0 Å². The van der Waals surface area contributed by atoms with Gasteiger partial charge in [-0.05, 0) is 38.6 Å². The fourth-order valence-corrected chi connectivity index (χ4v) is 4.75. The number of thioether (sulfide) groups is 1. The maximum Gasteiger partial charge on any atom is 0.242 e. The van der Waals surface area contributed by atoms with E-state index in [1.807, 2.05) is 18.8 Å². The molecule has 1 aromatic rings. The maximum atomic E-state index is 12.4. The minimum absolute atomic E-state index is 0.0638. The molecule has 0 aromatic carbocycles. The summed E-state index contributed by atoms with van der Waals surface area (Å²) in [4.78, 5) is 3.31. The SMILES string of the molecule is CNCc1cc(S(=O)(=O)NC2CCCC(SC)C2)c[nH]1. The average molecular weight is 317 g/mol. The Hall–Kier alpha value is -0.500. The highest BCUT2D eigenvalue weighted by molar-refractivity contribution is 7.99. The third kappa shape index (κ3) is 4.00. The van der Waals surface area contributed by atoms with Gasteiger partial charge in [-0.15, -0.1) is 0 Å². The van der Waals surface area contributed by atoms with Crippen LogP contribution in [0.4, 0.5) is 0 Å². The van der Waals surface area contributed by atoms with Crippen LogP contribution in [0.25, 0.3) is 0 Å². The van der Waals surface area contributed by atoms with E-state index in [4.69, 9.17) is 0 Å². The molecule has 1 aliphatic carbocycles. The van der Waals surface area contributed by atoms with Crippen molar-refractivity contribution in [3.8, 4) is 0 Å². The highest BCUT2D eigenvalue weighted by Crippen LogP contribution is 2.27. The molecule has 0 saturated heterocycles. The lowest BCUT2D eigenvalue weighted by molar-refractivity contribution is 0.421. The zero-order valence-corrected chi connectivity index (χ0v) is 13.6. The van der Waals surface area contributed by atoms with E-state index in [9.17, 15) is 8.42 Å². The standard InChI is InChI=1S/C13H23N3O2S2/c1-14-8-11-7-13(9-15-11)20(17,18)16-10-4-3-5-12(6-10)19-2/h7,9-10,12,14-16H,3-6,8H2,1-2H3. The number of H-pyrrole nitrogens is 1. The number of rotatable bonds is 6. The van der Waals surface area contributed by atoms with Crippen molar-refractivity contribution in [2.45, 2.75) is 48.4 Å². The average Bonchev–Trinajstić information content (AvgIpc) is 2.88. The summed E-state index contributed by atoms with van der Waals surface area (Å²) in [6.45, 7) is 0.632. The number of nitrogens with one attached hydrogen (secondary N) is 3. The van der Waals surface area contributed by atoms with E-state index in [-0.39, 0.29) is 6.04 Å². The summed E-state index contributed by atoms with van der Waals surface area (Å²) >= 11 is 1.83. The summed E-state index contributed by atoms with van der Waals surface area (Å²) in [5.41, 5.74) is 0.874. The minimum atomic E-state index is -3.41. The molecule has 7 heteroatoms. The van der Waals surface area contributed by atoms with E-state index in [1.54, 1.807) is 12.3 Å². The molecule has 0 aliphatic heterocycles. The summed E-state index contributed by atoms with van der Waals surface area (Å²) in [6.07, 6.45) is 7.80. The molecule has 0 radical (unpaired) electrons. The van der Waals surface area contributed by atoms with Crippen molar-refractivity contribution in [3.63, 3.8) is 0 Å². The van der Waals surface area contributed by atoms with Crippen LogP contribution >= 0.6 is 11.8 Å². The van der Waals surface area contributed by atoms with E-state index in [2.05, 4.69) is 21.3 Å². The lowest BCUT2D eigenvalue weighted by Crippen LogP contribution is -2.38. The number of sulfonamides is 1. The lowest BCUT2D eigenvalue weighted by atomic mass is 9.96. The van der Waals surface area contributed by atoms with Gasteiger partial charge in [-0.1, -0.05) is 6.42 Å². The van der Waals surface area contributed by atoms with E-state index in [0.29, 0.717) is 16.7 Å². The smallest absolute Gasteiger partial charge is 0.242 e. The highest BCUT2D eigenvalue weighted by Gasteiger charge is 2.26. The first kappa shape index (κ1) is 15.9. The Morgan fingerprint density at radius 2 is 2.25 bits per heavy atom. The van der Waals surface area contributed by atoms with Crippen LogP contribution in [0.15, 0.2) is 17.2 Å². The summed E-state index contributed by atoms with van der Waals surface area (Å²) in [5, 5.41) is 3.57. The molecule has 1 aliphatic rings. The van der Waals surface area contributed by atoms with E-state index in [0.717, 1.165) is 25.0 Å². The molecular formula is C13H23N3O2S2. The van der Waals surface area contributed by atoms with Gasteiger partial charge in [0.05, 0.1) is 4.90 Å². The molecular weight excluding hydrogens is 294 g/mol. The number of hydrogen-bond acceptors (Lipinski definition) is 4. The quantitative estimate of drug-likeness (QED) is 0.746. The fraction of sp³-hybridized carbons (Fsp3) is 0.692. The van der Waals surface area contributed by atoms with Crippen molar-refractivity contribution >= 4 is 21.8 Å². The number of hydrogen-bond donors (Lipinski definition) is 3. The van der Waals surface area contributed by atoms with Crippen molar-refractivity contribution in [1.82, 2.24) is 15.0 Å². The second kappa shape index (κ2) is 6.98. The molecule has 114 valence electrons. The molecule has 0 amide bonds. The second-order valence-corrected chi connectivity index (χ2v) is 8.09. The van der Waals surface area contributed by atoms with Crippen LogP contribution < -0.4 is 10.0 Å². The molecule has 5 nitrogen and oxygen atoms in total. The Balaban J connectivity index is 2.02. The lowest BCUT2D eigenvalue weighted by Gasteiger charge is -2.28. The van der Waals surface area contributed by atoms with Crippen molar-refractivity contribution in [2.24, 2.45) is 0 Å². The van der Waals surface area contributed by atoms with Gasteiger partial charge in [0.1, 0.15) is 0 Å². The molecule has 0 spiro atoms. The maximum absolute atomic E-state index is 12.4. The van der Waals surface area contributed by atoms with E-state index >= 15 is 0 Å². The van der Waals surface area contributed by atoms with Crippen LogP contribution in [-0.2, 0) is 16.6 Å². The molecule has 1 heterocycles. The third-order valence-electron chi connectivity index (χ3n) is 3.68. The van der Waals surface area contributed by atoms with Gasteiger partial charge in [-0.2, -0.15) is 11.8 Å². The molecule has 1 aromatic heterocycles. The van der Waals surface area contributed by atoms with Crippen LogP contribution in [0.1, 0.15) is 31.4 Å². The minimum Gasteiger partial charge on any atom is -0.363 e. The summed E-state index contributed by atoms with van der Waals surface area (Å²) in [7, 11) is -1.58. The molecule has 0 bridgehead atoms. The number of aromatic nitrogens is 1. The molecule has 1 fully saturated rings. The molecule has 2 unspecified atom stereocenters. The summed E-state index contributed by atoms with van der Waals surface area (Å²) < 4.78 is 27.6. The van der Waals surface area contributed by atoms with Crippen LogP contribution in [0, 0.1) is 0 Å². The Morgan fingerprint density at radius 3 is 2.95 bits per heavy atom. The molecule has 3 N–H and O–H groups in total. The Labute approximate surface area is 125 Å². The second-order valence-electron chi connectivity index (χ2n) is 5.23. The van der Waals surface area contributed by atoms with Gasteiger partial charge in [0.2, 0.25) is 10.0 Å². The Morgan fingerprint density at radius 1 is 1.45 bits per heavy atom. The third-order valence-corrected chi connectivity index (χ3v) is 6.27. The molecule has 2 rings (SSSR count). The first-order valence-electron chi connectivity index (χ1n) is 6.92. The Kier molecular flexibility index (Phi) is 5.54. The monoisotopic (exact) mass is 317 g/mol. The zero-order chi connectivity index (χ0) is 14.6. The van der Waals surface area contributed by atoms with Crippen LogP contribution in [-0.4, -0.2) is 38.0 Å². The first-order chi connectivity index (χ1) is 9.55. The van der Waals surface area contributed by atoms with Crippen molar-refractivity contribution in [3.05, 3.63) is 18.0 Å². The van der Waals surface area contributed by atoms with Gasteiger partial charge in [0, 0.05) is 29.7 Å². The van der Waals surface area contributed by atoms with E-state index in [1.165, 1.54) is 6.42 Å². The highest BCUT2D eigenvalue weighted by atomic mass is 32.2. The molecule has 1 saturated carbocycles. The predicted octanol–water partition coefficient (Wildman–Crippen LogP) is 1.69. The van der Waals surface area contributed by atoms with Gasteiger partial charge in [-0.25, -0.2) is 13.1 Å². The van der Waals surface area contributed by atoms with Gasteiger partial charge in [-0.3, -0.25) is 0 Å². The van der Waals surface area contributed by atoms with Gasteiger partial charge < -0.3 is 10.3 Å². The first-order valence-corrected chi connectivity index (χ1v) is 9.69. The Bertz CT molecular complexity index is 527. The summed E-state index contributed by atoms with van der Waals surface area (Å²) in [5.74, 6) is 0. The molecule has 20 heavy (non-hydrogen) atoms. The van der Waals surface area contributed by atoms with Crippen molar-refractivity contribution < 1.29 is 8.42 Å². The normalized spacial score (nSPS) is 23.9. The van der Waals surface area contributed by atoms with Crippen molar-refractivity contribution in [1.29, 1.82) is 0 Å². The van der Waals surface area contributed by atoms with Gasteiger partial charge in [0.25, 0.3) is 0 Å². The van der Waals surface area contributed by atoms with Crippen LogP contribution in [0.3, 0.4) is 0 Å². The van der Waals surface area contributed by atoms with E-state index < -0.39 is 10.0 Å².